The molecule has 0 atom stereocenters. The number of para-hydroxylation sites is 3. The number of hydrogen-bond donors (Lipinski definition) is 0. The molecular formula is C55H32N6O2. The normalized spacial score (nSPS) is 11.8. The number of rotatable bonds is 6. The first kappa shape index (κ1) is 35.0. The molecule has 0 N–H and O–H groups in total. The van der Waals surface area contributed by atoms with Crippen molar-refractivity contribution < 1.29 is 8.83 Å². The molecule has 8 heteroatoms. The van der Waals surface area contributed by atoms with Gasteiger partial charge in [0.05, 0.1) is 16.6 Å². The second-order valence-electron chi connectivity index (χ2n) is 15.6. The molecule has 8 aromatic carbocycles. The zero-order chi connectivity index (χ0) is 41.4. The first-order chi connectivity index (χ1) is 31.2. The highest BCUT2D eigenvalue weighted by Crippen LogP contribution is 2.41. The maximum Gasteiger partial charge on any atom is 0.238 e. The second-order valence-corrected chi connectivity index (χ2v) is 15.6. The van der Waals surface area contributed by atoms with Crippen molar-refractivity contribution in [3.05, 3.63) is 194 Å². The molecule has 294 valence electrons. The summed E-state index contributed by atoms with van der Waals surface area (Å²) in [6.45, 7) is 0. The lowest BCUT2D eigenvalue weighted by Crippen LogP contribution is -2.06. The highest BCUT2D eigenvalue weighted by Gasteiger charge is 2.23. The first-order valence-corrected chi connectivity index (χ1v) is 20.8. The lowest BCUT2D eigenvalue weighted by molar-refractivity contribution is 0.666. The van der Waals surface area contributed by atoms with E-state index in [1.807, 2.05) is 115 Å². The minimum atomic E-state index is 0.531. The first-order valence-electron chi connectivity index (χ1n) is 20.8. The standard InChI is InChI=1S/C55H32N6O2/c1-4-15-33(16-5-1)36-27-29-39-38-21-10-12-25-44(38)61(45(39)32-36)55-59-52(35-19-8-3-9-20-35)58-53(60-55)37-28-30-47-43(31-37)40-23-14-24-42(50(40)62-47)54-56-48(34-17-6-2-7-18-34)51-49(57-54)41-22-11-13-26-46(41)63-51/h1-32H. The molecule has 0 aliphatic heterocycles. The highest BCUT2D eigenvalue weighted by atomic mass is 16.3. The Morgan fingerprint density at radius 2 is 0.952 bits per heavy atom. The maximum absolute atomic E-state index is 6.71. The molecule has 0 fully saturated rings. The number of furan rings is 2. The molecule has 0 aliphatic carbocycles. The van der Waals surface area contributed by atoms with E-state index in [2.05, 4.69) is 83.4 Å². The van der Waals surface area contributed by atoms with E-state index in [4.69, 9.17) is 33.8 Å². The van der Waals surface area contributed by atoms with Crippen LogP contribution in [0.15, 0.2) is 203 Å². The smallest absolute Gasteiger partial charge is 0.238 e. The van der Waals surface area contributed by atoms with Gasteiger partial charge in [0.2, 0.25) is 5.95 Å². The van der Waals surface area contributed by atoms with Gasteiger partial charge in [-0.3, -0.25) is 4.57 Å². The number of aromatic nitrogens is 6. The molecule has 0 radical (unpaired) electrons. The van der Waals surface area contributed by atoms with Crippen LogP contribution in [-0.4, -0.2) is 29.5 Å². The summed E-state index contributed by atoms with van der Waals surface area (Å²) in [4.78, 5) is 25.9. The monoisotopic (exact) mass is 808 g/mol. The van der Waals surface area contributed by atoms with Crippen molar-refractivity contribution in [2.24, 2.45) is 0 Å². The number of fused-ring (bicyclic) bond motifs is 9. The lowest BCUT2D eigenvalue weighted by atomic mass is 10.0. The van der Waals surface area contributed by atoms with E-state index in [-0.39, 0.29) is 0 Å². The molecule has 0 saturated heterocycles. The third-order valence-electron chi connectivity index (χ3n) is 11.9. The molecule has 0 saturated carbocycles. The van der Waals surface area contributed by atoms with Crippen LogP contribution < -0.4 is 0 Å². The summed E-state index contributed by atoms with van der Waals surface area (Å²) >= 11 is 0. The molecule has 5 heterocycles. The number of benzene rings is 8. The topological polar surface area (TPSA) is 95.7 Å². The van der Waals surface area contributed by atoms with Crippen LogP contribution in [0.2, 0.25) is 0 Å². The Morgan fingerprint density at radius 3 is 1.76 bits per heavy atom. The van der Waals surface area contributed by atoms with Crippen molar-refractivity contribution in [1.82, 2.24) is 29.5 Å². The van der Waals surface area contributed by atoms with Gasteiger partial charge in [-0.1, -0.05) is 146 Å². The third kappa shape index (κ3) is 5.66. The molecule has 0 bridgehead atoms. The number of hydrogen-bond acceptors (Lipinski definition) is 7. The maximum atomic E-state index is 6.71. The van der Waals surface area contributed by atoms with Gasteiger partial charge in [-0.25, -0.2) is 15.0 Å². The SMILES string of the molecule is c1ccc(-c2ccc3c4ccccc4n(-c4nc(-c5ccccc5)nc(-c5ccc6oc7c(-c8nc(-c9ccccc9)c9oc%10ccccc%10c9n8)cccc7c6c5)n4)c3c2)cc1. The summed E-state index contributed by atoms with van der Waals surface area (Å²) < 4.78 is 15.3. The molecule has 5 aromatic heterocycles. The van der Waals surface area contributed by atoms with Crippen LogP contribution in [-0.2, 0) is 0 Å². The van der Waals surface area contributed by atoms with Crippen molar-refractivity contribution in [3.63, 3.8) is 0 Å². The Morgan fingerprint density at radius 1 is 0.333 bits per heavy atom. The van der Waals surface area contributed by atoms with Crippen LogP contribution in [0.5, 0.6) is 0 Å². The molecule has 8 nitrogen and oxygen atoms in total. The molecule has 13 aromatic rings. The van der Waals surface area contributed by atoms with Gasteiger partial charge in [0, 0.05) is 43.6 Å². The fourth-order valence-electron chi connectivity index (χ4n) is 8.92. The Balaban J connectivity index is 1.00. The molecule has 0 amide bonds. The van der Waals surface area contributed by atoms with Gasteiger partial charge in [0.15, 0.2) is 23.1 Å². The second kappa shape index (κ2) is 13.9. The van der Waals surface area contributed by atoms with Crippen LogP contribution in [0.25, 0.3) is 128 Å². The van der Waals surface area contributed by atoms with E-state index in [9.17, 15) is 0 Å². The zero-order valence-corrected chi connectivity index (χ0v) is 33.5. The van der Waals surface area contributed by atoms with Gasteiger partial charge in [-0.05, 0) is 59.7 Å². The summed E-state index contributed by atoms with van der Waals surface area (Å²) in [7, 11) is 0. The van der Waals surface area contributed by atoms with Gasteiger partial charge in [-0.2, -0.15) is 9.97 Å². The average molecular weight is 809 g/mol. The Bertz CT molecular complexity index is 3910. The molecule has 13 rings (SSSR count). The lowest BCUT2D eigenvalue weighted by Gasteiger charge is -2.11. The molecule has 0 unspecified atom stereocenters. The number of nitrogens with zero attached hydrogens (tertiary/aromatic N) is 6. The summed E-state index contributed by atoms with van der Waals surface area (Å²) in [6.07, 6.45) is 0. The van der Waals surface area contributed by atoms with Crippen molar-refractivity contribution in [1.29, 1.82) is 0 Å². The zero-order valence-electron chi connectivity index (χ0n) is 33.5. The molecule has 0 spiro atoms. The fraction of sp³-hybridized carbons (Fsp3) is 0. The average Bonchev–Trinajstić information content (AvgIpc) is 4.03. The Hall–Kier alpha value is -8.75. The van der Waals surface area contributed by atoms with E-state index < -0.39 is 0 Å². The fourth-order valence-corrected chi connectivity index (χ4v) is 8.92. The van der Waals surface area contributed by atoms with Crippen LogP contribution >= 0.6 is 0 Å². The van der Waals surface area contributed by atoms with Crippen LogP contribution in [0.4, 0.5) is 0 Å². The Kier molecular flexibility index (Phi) is 7.74. The third-order valence-corrected chi connectivity index (χ3v) is 11.9. The van der Waals surface area contributed by atoms with Crippen molar-refractivity contribution in [2.75, 3.05) is 0 Å². The van der Waals surface area contributed by atoms with Crippen molar-refractivity contribution >= 4 is 65.8 Å². The molecule has 0 aliphatic rings. The quantitative estimate of drug-likeness (QED) is 0.165. The minimum Gasteiger partial charge on any atom is -0.455 e. The van der Waals surface area contributed by atoms with Gasteiger partial charge in [0.25, 0.3) is 0 Å². The molecular weight excluding hydrogens is 777 g/mol. The minimum absolute atomic E-state index is 0.531. The van der Waals surface area contributed by atoms with Crippen molar-refractivity contribution in [2.45, 2.75) is 0 Å². The van der Waals surface area contributed by atoms with E-state index >= 15 is 0 Å². The summed E-state index contributed by atoms with van der Waals surface area (Å²) in [6, 6.07) is 65.9. The summed E-state index contributed by atoms with van der Waals surface area (Å²) in [5, 5.41) is 5.03. The van der Waals surface area contributed by atoms with E-state index in [0.717, 1.165) is 93.7 Å². The van der Waals surface area contributed by atoms with Crippen LogP contribution in [0.3, 0.4) is 0 Å². The van der Waals surface area contributed by atoms with Crippen LogP contribution in [0.1, 0.15) is 0 Å². The Labute approximate surface area is 359 Å². The van der Waals surface area contributed by atoms with E-state index in [1.54, 1.807) is 0 Å². The predicted molar refractivity (Wildman–Crippen MR) is 251 cm³/mol. The molecule has 63 heavy (non-hydrogen) atoms. The highest BCUT2D eigenvalue weighted by molar-refractivity contribution is 6.12. The van der Waals surface area contributed by atoms with Crippen molar-refractivity contribution in [3.8, 4) is 62.5 Å². The largest absolute Gasteiger partial charge is 0.455 e. The van der Waals surface area contributed by atoms with Crippen LogP contribution in [0, 0.1) is 0 Å². The predicted octanol–water partition coefficient (Wildman–Crippen LogP) is 13.9. The van der Waals surface area contributed by atoms with Gasteiger partial charge in [0.1, 0.15) is 28.0 Å². The van der Waals surface area contributed by atoms with E-state index in [0.29, 0.717) is 34.6 Å². The van der Waals surface area contributed by atoms with E-state index in [1.165, 1.54) is 0 Å². The van der Waals surface area contributed by atoms with Gasteiger partial charge < -0.3 is 8.83 Å². The van der Waals surface area contributed by atoms with Gasteiger partial charge >= 0.3 is 0 Å². The van der Waals surface area contributed by atoms with Gasteiger partial charge in [-0.15, -0.1) is 0 Å². The summed E-state index contributed by atoms with van der Waals surface area (Å²) in [5.74, 6) is 2.20. The summed E-state index contributed by atoms with van der Waals surface area (Å²) in [5.41, 5.74) is 12.0.